The normalized spacial score (nSPS) is 12.0. The molecule has 2 rings (SSSR count). The second kappa shape index (κ2) is 10.5. The van der Waals surface area contributed by atoms with E-state index in [1.54, 1.807) is 0 Å². The minimum absolute atomic E-state index is 0.0771. The lowest BCUT2D eigenvalue weighted by Crippen LogP contribution is -2.25. The van der Waals surface area contributed by atoms with E-state index in [1.807, 2.05) is 36.0 Å². The summed E-state index contributed by atoms with van der Waals surface area (Å²) < 4.78 is 0. The number of nitrogens with one attached hydrogen (secondary N) is 1. The molecule has 154 valence electrons. The van der Waals surface area contributed by atoms with E-state index in [9.17, 15) is 9.59 Å². The van der Waals surface area contributed by atoms with Crippen LogP contribution in [0.15, 0.2) is 41.3 Å². The molecule has 2 aromatic rings. The van der Waals surface area contributed by atoms with Gasteiger partial charge in [-0.1, -0.05) is 42.6 Å². The molecule has 0 aromatic heterocycles. The number of carboxylic acids is 1. The molecule has 1 unspecified atom stereocenters. The highest BCUT2D eigenvalue weighted by Crippen LogP contribution is 2.40. The van der Waals surface area contributed by atoms with E-state index in [2.05, 4.69) is 53.0 Å². The molecule has 6 heteroatoms. The van der Waals surface area contributed by atoms with Crippen molar-refractivity contribution in [3.05, 3.63) is 58.7 Å². The van der Waals surface area contributed by atoms with E-state index in [4.69, 9.17) is 5.11 Å². The van der Waals surface area contributed by atoms with Crippen LogP contribution in [-0.2, 0) is 4.79 Å². The van der Waals surface area contributed by atoms with Crippen LogP contribution in [0.25, 0.3) is 0 Å². The van der Waals surface area contributed by atoms with Crippen molar-refractivity contribution in [2.75, 3.05) is 6.54 Å². The van der Waals surface area contributed by atoms with E-state index in [0.717, 1.165) is 6.42 Å². The van der Waals surface area contributed by atoms with Crippen LogP contribution < -0.4 is 10.8 Å². The summed E-state index contributed by atoms with van der Waals surface area (Å²) >= 11 is 1.87. The number of amides is 1. The van der Waals surface area contributed by atoms with Gasteiger partial charge in [-0.3, -0.25) is 9.59 Å². The van der Waals surface area contributed by atoms with Gasteiger partial charge >= 0.3 is 5.97 Å². The zero-order chi connectivity index (χ0) is 21.6. The Hall–Kier alpha value is -2.21. The van der Waals surface area contributed by atoms with Crippen LogP contribution in [0.4, 0.5) is 0 Å². The van der Waals surface area contributed by atoms with Crippen LogP contribution in [-0.4, -0.2) is 31.4 Å². The third-order valence-electron chi connectivity index (χ3n) is 5.03. The lowest BCUT2D eigenvalue weighted by molar-refractivity contribution is -0.136. The number of carbonyl (C=O) groups is 2. The predicted octanol–water partition coefficient (Wildman–Crippen LogP) is 3.65. The Morgan fingerprint density at radius 1 is 1.10 bits per heavy atom. The van der Waals surface area contributed by atoms with E-state index in [0.29, 0.717) is 16.7 Å². The Morgan fingerprint density at radius 3 is 2.21 bits per heavy atom. The molecular formula is C23H30BNO3S. The van der Waals surface area contributed by atoms with Crippen molar-refractivity contribution in [2.45, 2.75) is 50.7 Å². The van der Waals surface area contributed by atoms with Gasteiger partial charge in [0.15, 0.2) is 0 Å². The van der Waals surface area contributed by atoms with Gasteiger partial charge in [-0.15, -0.1) is 11.8 Å². The third-order valence-corrected chi connectivity index (χ3v) is 6.29. The number of aryl methyl sites for hydroxylation is 2. The number of hydrogen-bond acceptors (Lipinski definition) is 3. The van der Waals surface area contributed by atoms with Gasteiger partial charge in [0, 0.05) is 22.3 Å². The highest BCUT2D eigenvalue weighted by Gasteiger charge is 2.17. The highest BCUT2D eigenvalue weighted by atomic mass is 32.2. The van der Waals surface area contributed by atoms with Gasteiger partial charge in [0.25, 0.3) is 5.91 Å². The second-order valence-electron chi connectivity index (χ2n) is 7.94. The summed E-state index contributed by atoms with van der Waals surface area (Å²) in [6.07, 6.45) is 0.965. The van der Waals surface area contributed by atoms with E-state index >= 15 is 0 Å². The summed E-state index contributed by atoms with van der Waals surface area (Å²) in [7, 11) is 2.16. The van der Waals surface area contributed by atoms with Gasteiger partial charge in [0.2, 0.25) is 0 Å². The molecule has 0 bridgehead atoms. The fourth-order valence-electron chi connectivity index (χ4n) is 3.14. The maximum absolute atomic E-state index is 12.2. The standard InChI is InChI=1S/C23H30BNO3S/c1-14(2)11-20(29-19-12-15(3)22(24)16(4)13-19)17-5-7-18(8-6-17)23(28)25-10-9-21(26)27/h5-8,12-14,20H,9-11,24H2,1-4H3,(H,25,28)(H,26,27). The first-order valence-corrected chi connectivity index (χ1v) is 10.9. The summed E-state index contributed by atoms with van der Waals surface area (Å²) in [5, 5.41) is 11.6. The molecule has 0 heterocycles. The van der Waals surface area contributed by atoms with E-state index < -0.39 is 5.97 Å². The molecule has 0 aliphatic carbocycles. The Bertz CT molecular complexity index is 842. The zero-order valence-electron chi connectivity index (χ0n) is 17.9. The van der Waals surface area contributed by atoms with Crippen molar-refractivity contribution in [1.82, 2.24) is 5.32 Å². The molecule has 0 radical (unpaired) electrons. The Morgan fingerprint density at radius 2 is 1.69 bits per heavy atom. The van der Waals surface area contributed by atoms with Gasteiger partial charge in [-0.05, 0) is 56.0 Å². The molecular weight excluding hydrogens is 381 g/mol. The Balaban J connectivity index is 2.16. The third kappa shape index (κ3) is 6.96. The zero-order valence-corrected chi connectivity index (χ0v) is 18.7. The maximum Gasteiger partial charge on any atom is 0.305 e. The summed E-state index contributed by atoms with van der Waals surface area (Å²) in [6, 6.07) is 12.2. The van der Waals surface area contributed by atoms with Crippen molar-refractivity contribution >= 4 is 36.9 Å². The average Bonchev–Trinajstić information content (AvgIpc) is 2.65. The number of thioether (sulfide) groups is 1. The number of benzene rings is 2. The fraction of sp³-hybridized carbons (Fsp3) is 0.391. The average molecular weight is 411 g/mol. The molecule has 29 heavy (non-hydrogen) atoms. The van der Waals surface area contributed by atoms with Gasteiger partial charge in [-0.2, -0.15) is 0 Å². The molecule has 4 nitrogen and oxygen atoms in total. The maximum atomic E-state index is 12.2. The molecule has 1 amide bonds. The SMILES string of the molecule is Bc1c(C)cc(SC(CC(C)C)c2ccc(C(=O)NCCC(=O)O)cc2)cc1C. The minimum Gasteiger partial charge on any atom is -0.481 e. The van der Waals surface area contributed by atoms with Crippen molar-refractivity contribution in [2.24, 2.45) is 5.92 Å². The second-order valence-corrected chi connectivity index (χ2v) is 9.22. The topological polar surface area (TPSA) is 66.4 Å². The van der Waals surface area contributed by atoms with Crippen molar-refractivity contribution in [1.29, 1.82) is 0 Å². The van der Waals surface area contributed by atoms with Crippen LogP contribution in [0.2, 0.25) is 0 Å². The summed E-state index contributed by atoms with van der Waals surface area (Å²) in [5.74, 6) is -0.606. The van der Waals surface area contributed by atoms with Crippen LogP contribution in [0.5, 0.6) is 0 Å². The molecule has 2 N–H and O–H groups in total. The molecule has 0 aliphatic rings. The lowest BCUT2D eigenvalue weighted by atomic mass is 9.87. The predicted molar refractivity (Wildman–Crippen MR) is 123 cm³/mol. The molecule has 0 aliphatic heterocycles. The van der Waals surface area contributed by atoms with Gasteiger partial charge in [-0.25, -0.2) is 0 Å². The van der Waals surface area contributed by atoms with Gasteiger partial charge in [0.05, 0.1) is 6.42 Å². The Kier molecular flexibility index (Phi) is 8.38. The largest absolute Gasteiger partial charge is 0.481 e. The molecule has 0 fully saturated rings. The highest BCUT2D eigenvalue weighted by molar-refractivity contribution is 7.99. The number of carboxylic acid groups (broad SMARTS) is 1. The van der Waals surface area contributed by atoms with Crippen molar-refractivity contribution in [3.63, 3.8) is 0 Å². The molecule has 0 saturated carbocycles. The first kappa shape index (κ1) is 23.1. The van der Waals surface area contributed by atoms with Gasteiger partial charge in [0.1, 0.15) is 7.85 Å². The summed E-state index contributed by atoms with van der Waals surface area (Å²) in [6.45, 7) is 8.89. The number of aliphatic carboxylic acids is 1. The Labute approximate surface area is 178 Å². The number of carbonyl (C=O) groups excluding carboxylic acids is 1. The van der Waals surface area contributed by atoms with E-state index in [1.165, 1.54) is 27.0 Å². The van der Waals surface area contributed by atoms with Crippen LogP contribution >= 0.6 is 11.8 Å². The smallest absolute Gasteiger partial charge is 0.305 e. The fourth-order valence-corrected chi connectivity index (χ4v) is 4.74. The van der Waals surface area contributed by atoms with Crippen molar-refractivity contribution in [3.8, 4) is 0 Å². The van der Waals surface area contributed by atoms with E-state index in [-0.39, 0.29) is 18.9 Å². The lowest BCUT2D eigenvalue weighted by Gasteiger charge is -2.21. The van der Waals surface area contributed by atoms with Gasteiger partial charge < -0.3 is 10.4 Å². The monoisotopic (exact) mass is 411 g/mol. The first-order chi connectivity index (χ1) is 13.7. The van der Waals surface area contributed by atoms with Crippen molar-refractivity contribution < 1.29 is 14.7 Å². The first-order valence-electron chi connectivity index (χ1n) is 10.0. The van der Waals surface area contributed by atoms with Crippen LogP contribution in [0, 0.1) is 19.8 Å². The quantitative estimate of drug-likeness (QED) is 0.488. The minimum atomic E-state index is -0.921. The molecule has 0 saturated heterocycles. The molecule has 2 aromatic carbocycles. The van der Waals surface area contributed by atoms with Crippen LogP contribution in [0.3, 0.4) is 0 Å². The number of rotatable bonds is 9. The summed E-state index contributed by atoms with van der Waals surface area (Å²) in [5.41, 5.74) is 5.71. The summed E-state index contributed by atoms with van der Waals surface area (Å²) in [4.78, 5) is 24.0. The van der Waals surface area contributed by atoms with Crippen LogP contribution in [0.1, 0.15) is 59.0 Å². The number of hydrogen-bond donors (Lipinski definition) is 2. The molecule has 0 spiro atoms. The molecule has 1 atom stereocenters.